The topological polar surface area (TPSA) is 175 Å². The number of hydrogen-bond donors (Lipinski definition) is 3. The van der Waals surface area contributed by atoms with Gasteiger partial charge in [-0.15, -0.1) is 0 Å². The van der Waals surface area contributed by atoms with E-state index in [0.717, 1.165) is 29.5 Å². The first-order chi connectivity index (χ1) is 19.0. The summed E-state index contributed by atoms with van der Waals surface area (Å²) in [5.41, 5.74) is 0.251. The lowest BCUT2D eigenvalue weighted by atomic mass is 10.1. The van der Waals surface area contributed by atoms with Crippen molar-refractivity contribution in [2.75, 3.05) is 19.8 Å². The van der Waals surface area contributed by atoms with Gasteiger partial charge in [0.25, 0.3) is 5.24 Å². The predicted octanol–water partition coefficient (Wildman–Crippen LogP) is 5.26. The van der Waals surface area contributed by atoms with E-state index in [0.29, 0.717) is 12.2 Å². The number of phosphoric acid groups is 1. The van der Waals surface area contributed by atoms with Gasteiger partial charge in [0, 0.05) is 0 Å². The van der Waals surface area contributed by atoms with Crippen LogP contribution in [-0.2, 0) is 45.9 Å². The molecule has 41 heavy (non-hydrogen) atoms. The van der Waals surface area contributed by atoms with E-state index in [9.17, 15) is 27.3 Å². The number of rotatable bonds is 12. The van der Waals surface area contributed by atoms with Crippen LogP contribution >= 0.6 is 19.6 Å². The SMILES string of the molecule is CCOP(=O)(OCC)OC(COc1ccc(CC2SC(=O)NC2=O)cc1)c1ccc(C(F)(F)F)cc1.O=S(=O)(O)O. The highest BCUT2D eigenvalue weighted by Crippen LogP contribution is 2.53. The molecule has 0 spiro atoms. The van der Waals surface area contributed by atoms with Gasteiger partial charge in [-0.2, -0.15) is 21.6 Å². The molecule has 0 saturated carbocycles. The minimum absolute atomic E-state index is 0.0300. The number of alkyl halides is 3. The maximum absolute atomic E-state index is 13.0. The number of phosphoric ester groups is 1. The Kier molecular flexibility index (Phi) is 12.8. The molecule has 1 aliphatic rings. The third-order valence-corrected chi connectivity index (χ3v) is 7.60. The summed E-state index contributed by atoms with van der Waals surface area (Å²) in [6.45, 7) is 3.06. The summed E-state index contributed by atoms with van der Waals surface area (Å²) >= 11 is 0.932. The number of ether oxygens (including phenoxy) is 1. The fourth-order valence-electron chi connectivity index (χ4n) is 3.28. The summed E-state index contributed by atoms with van der Waals surface area (Å²) in [4.78, 5) is 23.1. The van der Waals surface area contributed by atoms with Crippen LogP contribution in [0.15, 0.2) is 48.5 Å². The van der Waals surface area contributed by atoms with Crippen molar-refractivity contribution in [3.05, 3.63) is 65.2 Å². The Hall–Kier alpha value is -2.50. The highest BCUT2D eigenvalue weighted by Gasteiger charge is 2.34. The second-order valence-corrected chi connectivity index (χ2v) is 11.7. The minimum Gasteiger partial charge on any atom is -0.491 e. The summed E-state index contributed by atoms with van der Waals surface area (Å²) < 4.78 is 105. The number of hydrogen-bond acceptors (Lipinski definition) is 10. The molecule has 228 valence electrons. The summed E-state index contributed by atoms with van der Waals surface area (Å²) in [5.74, 6) is 0.0661. The van der Waals surface area contributed by atoms with Crippen LogP contribution in [0.5, 0.6) is 5.75 Å². The average Bonchev–Trinajstić information content (AvgIpc) is 3.17. The predicted molar refractivity (Wildman–Crippen MR) is 141 cm³/mol. The second kappa shape index (κ2) is 15.1. The van der Waals surface area contributed by atoms with Crippen LogP contribution in [0.25, 0.3) is 0 Å². The normalized spacial score (nSPS) is 16.5. The Bertz CT molecular complexity index is 1310. The third-order valence-electron chi connectivity index (χ3n) is 4.95. The van der Waals surface area contributed by atoms with Crippen molar-refractivity contribution in [2.45, 2.75) is 37.8 Å². The fraction of sp³-hybridized carbons (Fsp3) is 0.391. The Morgan fingerprint density at radius 2 is 1.54 bits per heavy atom. The molecule has 2 aromatic carbocycles. The van der Waals surface area contributed by atoms with Crippen LogP contribution < -0.4 is 10.1 Å². The number of thioether (sulfide) groups is 1. The molecule has 2 amide bonds. The molecule has 0 radical (unpaired) electrons. The van der Waals surface area contributed by atoms with E-state index in [1.165, 1.54) is 12.1 Å². The van der Waals surface area contributed by atoms with Crippen molar-refractivity contribution in [3.8, 4) is 5.75 Å². The number of carbonyl (C=O) groups is 2. The number of amides is 2. The molecule has 3 rings (SSSR count). The molecule has 12 nitrogen and oxygen atoms in total. The lowest BCUT2D eigenvalue weighted by molar-refractivity contribution is -0.137. The van der Waals surface area contributed by atoms with Crippen molar-refractivity contribution < 1.29 is 63.2 Å². The average molecular weight is 646 g/mol. The first-order valence-corrected chi connectivity index (χ1v) is 15.4. The second-order valence-electron chi connectivity index (χ2n) is 7.99. The molecule has 1 fully saturated rings. The van der Waals surface area contributed by atoms with Gasteiger partial charge < -0.3 is 4.74 Å². The molecule has 0 aliphatic carbocycles. The number of benzene rings is 2. The first-order valence-electron chi connectivity index (χ1n) is 11.7. The van der Waals surface area contributed by atoms with Gasteiger partial charge in [0.05, 0.1) is 24.0 Å². The van der Waals surface area contributed by atoms with E-state index in [1.807, 2.05) is 0 Å². The molecule has 0 bridgehead atoms. The zero-order valence-corrected chi connectivity index (χ0v) is 24.1. The Morgan fingerprint density at radius 1 is 1.00 bits per heavy atom. The summed E-state index contributed by atoms with van der Waals surface area (Å²) in [7, 11) is -8.68. The molecular formula is C23H27F3NO11PS2. The van der Waals surface area contributed by atoms with Crippen molar-refractivity contribution in [1.29, 1.82) is 0 Å². The first kappa shape index (κ1) is 34.7. The largest absolute Gasteiger partial charge is 0.491 e. The molecule has 1 aliphatic heterocycles. The molecule has 2 atom stereocenters. The van der Waals surface area contributed by atoms with Crippen LogP contribution in [-0.4, -0.2) is 53.7 Å². The monoisotopic (exact) mass is 645 g/mol. The number of nitrogens with one attached hydrogen (secondary N) is 1. The minimum atomic E-state index is -4.67. The Labute approximate surface area is 238 Å². The van der Waals surface area contributed by atoms with Gasteiger partial charge in [-0.3, -0.25) is 37.6 Å². The van der Waals surface area contributed by atoms with Crippen LogP contribution in [0.2, 0.25) is 0 Å². The zero-order valence-electron chi connectivity index (χ0n) is 21.6. The van der Waals surface area contributed by atoms with E-state index < -0.39 is 41.3 Å². The van der Waals surface area contributed by atoms with Gasteiger partial charge in [0.2, 0.25) is 5.91 Å². The van der Waals surface area contributed by atoms with E-state index in [4.69, 9.17) is 35.8 Å². The summed E-state index contributed by atoms with van der Waals surface area (Å²) in [6.07, 6.45) is -5.23. The summed E-state index contributed by atoms with van der Waals surface area (Å²) in [5, 5.41) is 1.35. The quantitative estimate of drug-likeness (QED) is 0.202. The van der Waals surface area contributed by atoms with Crippen molar-refractivity contribution in [2.24, 2.45) is 0 Å². The zero-order chi connectivity index (χ0) is 30.8. The van der Waals surface area contributed by atoms with Crippen molar-refractivity contribution >= 4 is 41.1 Å². The van der Waals surface area contributed by atoms with Gasteiger partial charge in [-0.25, -0.2) is 4.57 Å². The van der Waals surface area contributed by atoms with Crippen LogP contribution in [0.3, 0.4) is 0 Å². The van der Waals surface area contributed by atoms with Crippen molar-refractivity contribution in [1.82, 2.24) is 5.32 Å². The molecule has 1 heterocycles. The van der Waals surface area contributed by atoms with E-state index in [2.05, 4.69) is 5.32 Å². The van der Waals surface area contributed by atoms with Gasteiger partial charge in [-0.1, -0.05) is 36.0 Å². The molecule has 1 saturated heterocycles. The maximum atomic E-state index is 13.0. The molecule has 0 aromatic heterocycles. The molecule has 2 unspecified atom stereocenters. The van der Waals surface area contributed by atoms with Gasteiger partial charge in [0.1, 0.15) is 18.5 Å². The number of imide groups is 1. The Morgan fingerprint density at radius 3 is 1.98 bits per heavy atom. The molecule has 2 aromatic rings. The lowest BCUT2D eigenvalue weighted by Crippen LogP contribution is -2.25. The molecule has 18 heteroatoms. The number of carbonyl (C=O) groups excluding carboxylic acids is 2. The highest BCUT2D eigenvalue weighted by atomic mass is 32.3. The van der Waals surface area contributed by atoms with Gasteiger partial charge in [-0.05, 0) is 55.7 Å². The molecular weight excluding hydrogens is 618 g/mol. The van der Waals surface area contributed by atoms with Gasteiger partial charge >= 0.3 is 24.4 Å². The Balaban J connectivity index is 0.00000108. The molecule has 3 N–H and O–H groups in total. The van der Waals surface area contributed by atoms with E-state index in [1.54, 1.807) is 38.1 Å². The van der Waals surface area contributed by atoms with Crippen molar-refractivity contribution in [3.63, 3.8) is 0 Å². The van der Waals surface area contributed by atoms with E-state index in [-0.39, 0.29) is 36.5 Å². The third kappa shape index (κ3) is 12.5. The highest BCUT2D eigenvalue weighted by molar-refractivity contribution is 8.15. The van der Waals surface area contributed by atoms with E-state index >= 15 is 0 Å². The van der Waals surface area contributed by atoms with Gasteiger partial charge in [0.15, 0.2) is 0 Å². The smallest absolute Gasteiger partial charge is 0.475 e. The fourth-order valence-corrected chi connectivity index (χ4v) is 5.46. The lowest BCUT2D eigenvalue weighted by Gasteiger charge is -2.24. The van der Waals surface area contributed by atoms with Crippen LogP contribution in [0, 0.1) is 0 Å². The standard InChI is InChI=1S/C23H25F3NO7PS.H2O4S/c1-3-32-35(30,33-4-2)34-19(16-7-9-17(10-8-16)23(24,25)26)14-31-18-11-5-15(6-12-18)13-20-21(28)27-22(29)36-20;1-5(2,3)4/h5-12,19-20H,3-4,13-14H2,1-2H3,(H,27,28,29);(H2,1,2,3,4). The maximum Gasteiger partial charge on any atom is 0.475 e. The van der Waals surface area contributed by atoms with Crippen LogP contribution in [0.1, 0.15) is 36.6 Å². The van der Waals surface area contributed by atoms with Crippen LogP contribution in [0.4, 0.5) is 18.0 Å². The summed E-state index contributed by atoms with van der Waals surface area (Å²) in [6, 6.07) is 11.0. The number of halogens is 3.